The van der Waals surface area contributed by atoms with E-state index in [9.17, 15) is 0 Å². The van der Waals surface area contributed by atoms with E-state index in [4.69, 9.17) is 10.5 Å². The molecule has 1 aliphatic heterocycles. The summed E-state index contributed by atoms with van der Waals surface area (Å²) >= 11 is 0. The largest absolute Gasteiger partial charge is 0.380 e. The van der Waals surface area contributed by atoms with Gasteiger partial charge in [-0.15, -0.1) is 0 Å². The van der Waals surface area contributed by atoms with Gasteiger partial charge < -0.3 is 10.5 Å². The highest BCUT2D eigenvalue weighted by molar-refractivity contribution is 5.10. The van der Waals surface area contributed by atoms with E-state index in [1.807, 2.05) is 0 Å². The maximum absolute atomic E-state index is 5.88. The van der Waals surface area contributed by atoms with Gasteiger partial charge in [0.1, 0.15) is 0 Å². The van der Waals surface area contributed by atoms with E-state index >= 15 is 0 Å². The van der Waals surface area contributed by atoms with Gasteiger partial charge in [-0.3, -0.25) is 0 Å². The molecule has 2 fully saturated rings. The van der Waals surface area contributed by atoms with Gasteiger partial charge in [0.15, 0.2) is 0 Å². The van der Waals surface area contributed by atoms with Crippen LogP contribution in [0.1, 0.15) is 33.1 Å². The van der Waals surface area contributed by atoms with Crippen LogP contribution in [-0.2, 0) is 4.74 Å². The number of rotatable bonds is 4. The lowest BCUT2D eigenvalue weighted by Crippen LogP contribution is -2.52. The molecule has 0 aromatic rings. The summed E-state index contributed by atoms with van der Waals surface area (Å²) in [5.74, 6) is 0.771. The quantitative estimate of drug-likeness (QED) is 0.721. The van der Waals surface area contributed by atoms with Gasteiger partial charge in [-0.2, -0.15) is 0 Å². The zero-order valence-electron chi connectivity index (χ0n) is 8.81. The van der Waals surface area contributed by atoms with Crippen molar-refractivity contribution in [2.75, 3.05) is 19.8 Å². The van der Waals surface area contributed by atoms with E-state index in [0.29, 0.717) is 10.8 Å². The molecule has 0 spiro atoms. The maximum atomic E-state index is 5.88. The molecule has 1 aliphatic carbocycles. The molecule has 0 radical (unpaired) electrons. The fourth-order valence-electron chi connectivity index (χ4n) is 2.87. The Kier molecular flexibility index (Phi) is 2.16. The minimum atomic E-state index is 0.454. The highest BCUT2D eigenvalue weighted by Crippen LogP contribution is 2.63. The number of hydrogen-bond acceptors (Lipinski definition) is 2. The Balaban J connectivity index is 2.06. The lowest BCUT2D eigenvalue weighted by atomic mass is 9.66. The molecule has 2 N–H and O–H groups in total. The van der Waals surface area contributed by atoms with Crippen molar-refractivity contribution in [3.8, 4) is 0 Å². The first-order valence-electron chi connectivity index (χ1n) is 5.42. The lowest BCUT2D eigenvalue weighted by Gasteiger charge is -2.49. The third kappa shape index (κ3) is 1.31. The van der Waals surface area contributed by atoms with E-state index in [1.54, 1.807) is 0 Å². The van der Waals surface area contributed by atoms with Crippen LogP contribution in [0, 0.1) is 16.7 Å². The molecule has 1 heterocycles. The third-order valence-electron chi connectivity index (χ3n) is 3.92. The van der Waals surface area contributed by atoms with Gasteiger partial charge in [0.05, 0.1) is 13.2 Å². The summed E-state index contributed by atoms with van der Waals surface area (Å²) in [5, 5.41) is 0. The van der Waals surface area contributed by atoms with Gasteiger partial charge in [0.2, 0.25) is 0 Å². The highest BCUT2D eigenvalue weighted by atomic mass is 16.5. The van der Waals surface area contributed by atoms with Crippen molar-refractivity contribution in [1.82, 2.24) is 0 Å². The molecule has 0 aromatic heterocycles. The maximum Gasteiger partial charge on any atom is 0.0550 e. The van der Waals surface area contributed by atoms with Crippen molar-refractivity contribution < 1.29 is 4.74 Å². The summed E-state index contributed by atoms with van der Waals surface area (Å²) < 4.78 is 5.41. The molecule has 76 valence electrons. The van der Waals surface area contributed by atoms with Crippen LogP contribution in [0.25, 0.3) is 0 Å². The number of nitrogens with two attached hydrogens (primary N) is 1. The van der Waals surface area contributed by atoms with Crippen molar-refractivity contribution in [3.05, 3.63) is 0 Å². The number of ether oxygens (including phenoxy) is 1. The van der Waals surface area contributed by atoms with Gasteiger partial charge in [0, 0.05) is 5.41 Å². The van der Waals surface area contributed by atoms with Gasteiger partial charge in [-0.25, -0.2) is 0 Å². The Morgan fingerprint density at radius 3 is 2.08 bits per heavy atom. The van der Waals surface area contributed by atoms with Gasteiger partial charge in [-0.05, 0) is 37.1 Å². The van der Waals surface area contributed by atoms with E-state index in [-0.39, 0.29) is 0 Å². The van der Waals surface area contributed by atoms with Crippen LogP contribution in [0.3, 0.4) is 0 Å². The Bertz CT molecular complexity index is 192. The summed E-state index contributed by atoms with van der Waals surface area (Å²) in [5.41, 5.74) is 6.81. The van der Waals surface area contributed by atoms with Crippen LogP contribution in [0.15, 0.2) is 0 Å². The first kappa shape index (κ1) is 9.47. The molecule has 0 unspecified atom stereocenters. The lowest BCUT2D eigenvalue weighted by molar-refractivity contribution is -0.162. The smallest absolute Gasteiger partial charge is 0.0550 e. The average Bonchev–Trinajstić information content (AvgIpc) is 2.77. The minimum absolute atomic E-state index is 0.454. The SMILES string of the molecule is CC(C)CC1(C2(CN)CC2)COC1. The van der Waals surface area contributed by atoms with E-state index < -0.39 is 0 Å². The zero-order valence-corrected chi connectivity index (χ0v) is 8.81. The Morgan fingerprint density at radius 1 is 1.23 bits per heavy atom. The van der Waals surface area contributed by atoms with Crippen LogP contribution >= 0.6 is 0 Å². The van der Waals surface area contributed by atoms with Gasteiger partial charge >= 0.3 is 0 Å². The number of hydrogen-bond donors (Lipinski definition) is 1. The molecule has 1 saturated heterocycles. The first-order valence-corrected chi connectivity index (χ1v) is 5.42. The molecule has 2 rings (SSSR count). The predicted octanol–water partition coefficient (Wildman–Crippen LogP) is 1.79. The second kappa shape index (κ2) is 2.96. The molecule has 2 aliphatic rings. The fourth-order valence-corrected chi connectivity index (χ4v) is 2.87. The van der Waals surface area contributed by atoms with Gasteiger partial charge in [-0.1, -0.05) is 13.8 Å². The molecular formula is C11H21NO. The van der Waals surface area contributed by atoms with Crippen molar-refractivity contribution in [2.45, 2.75) is 33.1 Å². The van der Waals surface area contributed by atoms with Crippen LogP contribution in [0.2, 0.25) is 0 Å². The normalized spacial score (nSPS) is 28.6. The van der Waals surface area contributed by atoms with Crippen molar-refractivity contribution >= 4 is 0 Å². The van der Waals surface area contributed by atoms with Crippen LogP contribution in [0.4, 0.5) is 0 Å². The molecule has 0 bridgehead atoms. The van der Waals surface area contributed by atoms with E-state index in [0.717, 1.165) is 25.7 Å². The molecule has 0 amide bonds. The summed E-state index contributed by atoms with van der Waals surface area (Å²) in [7, 11) is 0. The van der Waals surface area contributed by atoms with Crippen molar-refractivity contribution in [2.24, 2.45) is 22.5 Å². The standard InChI is InChI=1S/C11H21NO/c1-9(2)5-11(7-13-8-11)10(6-12)3-4-10/h9H,3-8,12H2,1-2H3. The van der Waals surface area contributed by atoms with Crippen LogP contribution < -0.4 is 5.73 Å². The highest BCUT2D eigenvalue weighted by Gasteiger charge is 2.61. The van der Waals surface area contributed by atoms with Crippen LogP contribution in [-0.4, -0.2) is 19.8 Å². The molecule has 2 heteroatoms. The van der Waals surface area contributed by atoms with Crippen LogP contribution in [0.5, 0.6) is 0 Å². The molecular weight excluding hydrogens is 162 g/mol. The summed E-state index contributed by atoms with van der Waals surface area (Å²) in [6.07, 6.45) is 3.96. The van der Waals surface area contributed by atoms with Gasteiger partial charge in [0.25, 0.3) is 0 Å². The Labute approximate surface area is 80.8 Å². The zero-order chi connectivity index (χ0) is 9.53. The second-order valence-electron chi connectivity index (χ2n) is 5.36. The predicted molar refractivity (Wildman–Crippen MR) is 53.4 cm³/mol. The molecule has 0 aromatic carbocycles. The summed E-state index contributed by atoms with van der Waals surface area (Å²) in [6, 6.07) is 0. The van der Waals surface area contributed by atoms with E-state index in [2.05, 4.69) is 13.8 Å². The molecule has 13 heavy (non-hydrogen) atoms. The summed E-state index contributed by atoms with van der Waals surface area (Å²) in [4.78, 5) is 0. The monoisotopic (exact) mass is 183 g/mol. The third-order valence-corrected chi connectivity index (χ3v) is 3.92. The first-order chi connectivity index (χ1) is 6.14. The van der Waals surface area contributed by atoms with E-state index in [1.165, 1.54) is 19.3 Å². The topological polar surface area (TPSA) is 35.2 Å². The van der Waals surface area contributed by atoms with Crippen molar-refractivity contribution in [3.63, 3.8) is 0 Å². The minimum Gasteiger partial charge on any atom is -0.380 e. The molecule has 1 saturated carbocycles. The average molecular weight is 183 g/mol. The Hall–Kier alpha value is -0.0800. The molecule has 2 nitrogen and oxygen atoms in total. The second-order valence-corrected chi connectivity index (χ2v) is 5.36. The molecule has 0 atom stereocenters. The van der Waals surface area contributed by atoms with Crippen molar-refractivity contribution in [1.29, 1.82) is 0 Å². The summed E-state index contributed by atoms with van der Waals surface area (Å²) in [6.45, 7) is 7.38. The Morgan fingerprint density at radius 2 is 1.85 bits per heavy atom. The fraction of sp³-hybridized carbons (Fsp3) is 1.00.